The summed E-state index contributed by atoms with van der Waals surface area (Å²) in [5.74, 6) is 0.855. The molecule has 2 atom stereocenters. The Morgan fingerprint density at radius 1 is 1.35 bits per heavy atom. The minimum Gasteiger partial charge on any atom is -0.394 e. The zero-order valence-electron chi connectivity index (χ0n) is 11.5. The summed E-state index contributed by atoms with van der Waals surface area (Å²) in [6, 6.07) is 5.69. The summed E-state index contributed by atoms with van der Waals surface area (Å²) in [7, 11) is 0. The van der Waals surface area contributed by atoms with Gasteiger partial charge in [-0.3, -0.25) is 0 Å². The molecule has 0 fully saturated rings. The van der Waals surface area contributed by atoms with Gasteiger partial charge in [-0.15, -0.1) is 0 Å². The first-order valence-electron chi connectivity index (χ1n) is 6.78. The van der Waals surface area contributed by atoms with Crippen LogP contribution >= 0.6 is 0 Å². The number of hydrogen-bond acceptors (Lipinski definition) is 5. The lowest BCUT2D eigenvalue weighted by atomic mass is 10.2. The number of H-pyrrole nitrogens is 1. The summed E-state index contributed by atoms with van der Waals surface area (Å²) < 4.78 is 0. The average Bonchev–Trinajstić information content (AvgIpc) is 2.84. The van der Waals surface area contributed by atoms with Crippen LogP contribution in [0.2, 0.25) is 0 Å². The lowest BCUT2D eigenvalue weighted by Gasteiger charge is -2.09. The van der Waals surface area contributed by atoms with Crippen LogP contribution in [-0.2, 0) is 6.42 Å². The van der Waals surface area contributed by atoms with Gasteiger partial charge in [-0.1, -0.05) is 0 Å². The molecule has 0 radical (unpaired) electrons. The summed E-state index contributed by atoms with van der Waals surface area (Å²) in [5, 5.41) is 30.4. The van der Waals surface area contributed by atoms with Gasteiger partial charge in [0.15, 0.2) is 0 Å². The van der Waals surface area contributed by atoms with Crippen molar-refractivity contribution < 1.29 is 15.3 Å². The van der Waals surface area contributed by atoms with Gasteiger partial charge in [-0.05, 0) is 31.5 Å². The van der Waals surface area contributed by atoms with E-state index in [1.807, 2.05) is 18.2 Å². The lowest BCUT2D eigenvalue weighted by Crippen LogP contribution is -2.22. The molecule has 0 aliphatic carbocycles. The largest absolute Gasteiger partial charge is 0.394 e. The Labute approximate surface area is 117 Å². The van der Waals surface area contributed by atoms with Crippen LogP contribution in [0.4, 0.5) is 5.69 Å². The van der Waals surface area contributed by atoms with Crippen LogP contribution in [0, 0.1) is 0 Å². The number of imidazole rings is 1. The lowest BCUT2D eigenvalue weighted by molar-refractivity contribution is 0.105. The number of aryl methyl sites for hydroxylation is 1. The third-order valence-electron chi connectivity index (χ3n) is 3.08. The molecular formula is C14H21N3O3. The zero-order valence-corrected chi connectivity index (χ0v) is 11.5. The number of aliphatic hydroxyl groups is 3. The Balaban J connectivity index is 2.05. The maximum atomic E-state index is 9.30. The number of aromatic nitrogens is 2. The van der Waals surface area contributed by atoms with Crippen molar-refractivity contribution in [1.29, 1.82) is 0 Å². The van der Waals surface area contributed by atoms with E-state index in [1.165, 1.54) is 0 Å². The van der Waals surface area contributed by atoms with Crippen molar-refractivity contribution in [2.24, 2.45) is 0 Å². The molecule has 0 bridgehead atoms. The first kappa shape index (κ1) is 14.8. The Kier molecular flexibility index (Phi) is 4.94. The number of hydrogen-bond donors (Lipinski definition) is 5. The van der Waals surface area contributed by atoms with E-state index in [1.54, 1.807) is 6.92 Å². The van der Waals surface area contributed by atoms with Gasteiger partial charge in [0.2, 0.25) is 0 Å². The molecule has 2 unspecified atom stereocenters. The fourth-order valence-corrected chi connectivity index (χ4v) is 1.94. The highest BCUT2D eigenvalue weighted by Gasteiger charge is 2.06. The molecule has 20 heavy (non-hydrogen) atoms. The third-order valence-corrected chi connectivity index (χ3v) is 3.08. The predicted octanol–water partition coefficient (Wildman–Crippen LogP) is 0.641. The van der Waals surface area contributed by atoms with Crippen LogP contribution in [-0.4, -0.2) is 50.6 Å². The number of nitrogens with zero attached hydrogens (tertiary/aromatic N) is 1. The number of aromatic amines is 1. The fourth-order valence-electron chi connectivity index (χ4n) is 1.94. The molecule has 5 N–H and O–H groups in total. The molecule has 2 rings (SSSR count). The molecule has 0 saturated carbocycles. The van der Waals surface area contributed by atoms with Crippen LogP contribution < -0.4 is 5.32 Å². The molecule has 1 aromatic heterocycles. The van der Waals surface area contributed by atoms with Gasteiger partial charge in [0.25, 0.3) is 0 Å². The van der Waals surface area contributed by atoms with Crippen molar-refractivity contribution in [1.82, 2.24) is 9.97 Å². The SMILES string of the molecule is CC(O)CCc1nc2ccc(NCC(O)CO)cc2[nH]1. The van der Waals surface area contributed by atoms with Crippen molar-refractivity contribution in [3.8, 4) is 0 Å². The first-order valence-corrected chi connectivity index (χ1v) is 6.78. The Morgan fingerprint density at radius 3 is 2.85 bits per heavy atom. The van der Waals surface area contributed by atoms with Crippen LogP contribution in [0.1, 0.15) is 19.2 Å². The zero-order chi connectivity index (χ0) is 14.5. The van der Waals surface area contributed by atoms with Crippen molar-refractivity contribution >= 4 is 16.7 Å². The van der Waals surface area contributed by atoms with Crippen LogP contribution in [0.5, 0.6) is 0 Å². The second-order valence-electron chi connectivity index (χ2n) is 5.02. The number of nitrogens with one attached hydrogen (secondary N) is 2. The van der Waals surface area contributed by atoms with Gasteiger partial charge in [-0.2, -0.15) is 0 Å². The molecule has 1 heterocycles. The van der Waals surface area contributed by atoms with E-state index in [2.05, 4.69) is 15.3 Å². The molecular weight excluding hydrogens is 258 g/mol. The molecule has 0 spiro atoms. The quantitative estimate of drug-likeness (QED) is 0.512. The second-order valence-corrected chi connectivity index (χ2v) is 5.02. The summed E-state index contributed by atoms with van der Waals surface area (Å²) in [4.78, 5) is 7.67. The highest BCUT2D eigenvalue weighted by atomic mass is 16.3. The van der Waals surface area contributed by atoms with Crippen molar-refractivity contribution in [2.45, 2.75) is 32.0 Å². The maximum Gasteiger partial charge on any atom is 0.107 e. The number of fused-ring (bicyclic) bond motifs is 1. The maximum absolute atomic E-state index is 9.30. The van der Waals surface area contributed by atoms with Crippen LogP contribution in [0.3, 0.4) is 0 Å². The van der Waals surface area contributed by atoms with E-state index < -0.39 is 6.10 Å². The highest BCUT2D eigenvalue weighted by Crippen LogP contribution is 2.18. The molecule has 0 aliphatic rings. The van der Waals surface area contributed by atoms with Gasteiger partial charge >= 0.3 is 0 Å². The van der Waals surface area contributed by atoms with E-state index in [-0.39, 0.29) is 12.7 Å². The average molecular weight is 279 g/mol. The topological polar surface area (TPSA) is 101 Å². The number of aliphatic hydroxyl groups excluding tert-OH is 3. The van der Waals surface area contributed by atoms with Crippen LogP contribution in [0.15, 0.2) is 18.2 Å². The van der Waals surface area contributed by atoms with E-state index in [0.717, 1.165) is 22.5 Å². The van der Waals surface area contributed by atoms with E-state index in [4.69, 9.17) is 5.11 Å². The first-order chi connectivity index (χ1) is 9.58. The minimum absolute atomic E-state index is 0.261. The second kappa shape index (κ2) is 6.69. The monoisotopic (exact) mass is 279 g/mol. The number of rotatable bonds is 7. The Morgan fingerprint density at radius 2 is 2.15 bits per heavy atom. The predicted molar refractivity (Wildman–Crippen MR) is 77.7 cm³/mol. The third kappa shape index (κ3) is 3.93. The van der Waals surface area contributed by atoms with Crippen molar-refractivity contribution in [3.05, 3.63) is 24.0 Å². The molecule has 0 amide bonds. The molecule has 110 valence electrons. The smallest absolute Gasteiger partial charge is 0.107 e. The summed E-state index contributed by atoms with van der Waals surface area (Å²) in [6.45, 7) is 1.80. The normalized spacial score (nSPS) is 14.4. The number of benzene rings is 1. The Bertz CT molecular complexity index is 554. The summed E-state index contributed by atoms with van der Waals surface area (Å²) >= 11 is 0. The molecule has 6 heteroatoms. The minimum atomic E-state index is -0.769. The van der Waals surface area contributed by atoms with E-state index in [9.17, 15) is 10.2 Å². The highest BCUT2D eigenvalue weighted by molar-refractivity contribution is 5.79. The molecule has 0 aliphatic heterocycles. The molecule has 2 aromatic rings. The van der Waals surface area contributed by atoms with Crippen LogP contribution in [0.25, 0.3) is 11.0 Å². The van der Waals surface area contributed by atoms with Gasteiger partial charge in [0, 0.05) is 18.7 Å². The Hall–Kier alpha value is -1.63. The van der Waals surface area contributed by atoms with Crippen molar-refractivity contribution in [3.63, 3.8) is 0 Å². The standard InChI is InChI=1S/C14H21N3O3/c1-9(19)2-5-14-16-12-4-3-10(6-13(12)17-14)15-7-11(20)8-18/h3-4,6,9,11,15,18-20H,2,5,7-8H2,1H3,(H,16,17). The van der Waals surface area contributed by atoms with E-state index in [0.29, 0.717) is 19.4 Å². The van der Waals surface area contributed by atoms with Gasteiger partial charge in [0.05, 0.1) is 29.8 Å². The fraction of sp³-hybridized carbons (Fsp3) is 0.500. The van der Waals surface area contributed by atoms with E-state index >= 15 is 0 Å². The van der Waals surface area contributed by atoms with Crippen molar-refractivity contribution in [2.75, 3.05) is 18.5 Å². The van der Waals surface area contributed by atoms with Gasteiger partial charge in [-0.25, -0.2) is 4.98 Å². The number of anilines is 1. The summed E-state index contributed by atoms with van der Waals surface area (Å²) in [5.41, 5.74) is 2.64. The summed E-state index contributed by atoms with van der Waals surface area (Å²) in [6.07, 6.45) is 0.279. The van der Waals surface area contributed by atoms with Gasteiger partial charge < -0.3 is 25.6 Å². The molecule has 6 nitrogen and oxygen atoms in total. The molecule has 1 aromatic carbocycles. The molecule has 0 saturated heterocycles. The van der Waals surface area contributed by atoms with Gasteiger partial charge in [0.1, 0.15) is 5.82 Å².